The Morgan fingerprint density at radius 1 is 1.00 bits per heavy atom. The first-order valence-corrected chi connectivity index (χ1v) is 11.2. The predicted molar refractivity (Wildman–Crippen MR) is 114 cm³/mol. The first-order chi connectivity index (χ1) is 14.2. The van der Waals surface area contributed by atoms with Crippen molar-refractivity contribution in [3.8, 4) is 5.75 Å². The number of H-pyrrole nitrogens is 1. The summed E-state index contributed by atoms with van der Waals surface area (Å²) in [4.78, 5) is 5.12. The SMILES string of the molecule is Clc1ccc(OC2CCN(CC3CCN(CCc4nn[nH]n4)CC3)CC2)cc1Cl. The molecule has 0 saturated carbocycles. The molecule has 0 aliphatic carbocycles. The topological polar surface area (TPSA) is 70.2 Å². The van der Waals surface area contributed by atoms with Crippen molar-refractivity contribution in [2.24, 2.45) is 5.92 Å². The van der Waals surface area contributed by atoms with E-state index in [9.17, 15) is 0 Å². The minimum Gasteiger partial charge on any atom is -0.490 e. The highest BCUT2D eigenvalue weighted by atomic mass is 35.5. The molecule has 1 aromatic carbocycles. The minimum absolute atomic E-state index is 0.260. The maximum Gasteiger partial charge on any atom is 0.175 e. The van der Waals surface area contributed by atoms with E-state index in [-0.39, 0.29) is 6.10 Å². The number of ether oxygens (including phenoxy) is 1. The lowest BCUT2D eigenvalue weighted by atomic mass is 9.95. The number of aromatic amines is 1. The molecule has 0 atom stereocenters. The summed E-state index contributed by atoms with van der Waals surface area (Å²) in [7, 11) is 0. The fourth-order valence-electron chi connectivity index (χ4n) is 4.26. The lowest BCUT2D eigenvalue weighted by molar-refractivity contribution is 0.0783. The van der Waals surface area contributed by atoms with Crippen LogP contribution in [0.5, 0.6) is 5.75 Å². The van der Waals surface area contributed by atoms with Gasteiger partial charge >= 0.3 is 0 Å². The summed E-state index contributed by atoms with van der Waals surface area (Å²) in [5, 5.41) is 15.3. The van der Waals surface area contributed by atoms with Crippen LogP contribution in [0.15, 0.2) is 18.2 Å². The highest BCUT2D eigenvalue weighted by molar-refractivity contribution is 6.42. The lowest BCUT2D eigenvalue weighted by Gasteiger charge is -2.37. The van der Waals surface area contributed by atoms with Crippen LogP contribution in [-0.2, 0) is 6.42 Å². The third-order valence-electron chi connectivity index (χ3n) is 5.99. The summed E-state index contributed by atoms with van der Waals surface area (Å²) in [6.45, 7) is 6.76. The van der Waals surface area contributed by atoms with Gasteiger partial charge in [-0.25, -0.2) is 0 Å². The standard InChI is InChI=1S/C20H28Cl2N6O/c21-18-2-1-17(13-19(18)22)29-16-5-10-28(11-6-16)14-15-3-8-27(9-4-15)12-7-20-23-25-26-24-20/h1-2,13,15-16H,3-12,14H2,(H,23,24,25,26). The van der Waals surface area contributed by atoms with Crippen LogP contribution >= 0.6 is 23.2 Å². The third kappa shape index (κ3) is 6.04. The number of piperidine rings is 2. The Morgan fingerprint density at radius 2 is 1.76 bits per heavy atom. The molecule has 0 unspecified atom stereocenters. The number of benzene rings is 1. The Morgan fingerprint density at radius 3 is 2.45 bits per heavy atom. The highest BCUT2D eigenvalue weighted by Crippen LogP contribution is 2.28. The van der Waals surface area contributed by atoms with E-state index in [0.29, 0.717) is 10.0 Å². The lowest BCUT2D eigenvalue weighted by Crippen LogP contribution is -2.43. The van der Waals surface area contributed by atoms with Gasteiger partial charge in [-0.3, -0.25) is 0 Å². The van der Waals surface area contributed by atoms with Gasteiger partial charge in [-0.2, -0.15) is 5.21 Å². The molecule has 9 heteroatoms. The molecule has 4 rings (SSSR count). The molecular formula is C20H28Cl2N6O. The van der Waals surface area contributed by atoms with E-state index in [4.69, 9.17) is 27.9 Å². The van der Waals surface area contributed by atoms with Crippen molar-refractivity contribution in [1.29, 1.82) is 0 Å². The van der Waals surface area contributed by atoms with Crippen LogP contribution in [0, 0.1) is 5.92 Å². The molecule has 2 saturated heterocycles. The molecule has 0 bridgehead atoms. The van der Waals surface area contributed by atoms with Crippen molar-refractivity contribution >= 4 is 23.2 Å². The van der Waals surface area contributed by atoms with Gasteiger partial charge < -0.3 is 14.5 Å². The maximum atomic E-state index is 6.11. The van der Waals surface area contributed by atoms with Crippen LogP contribution in [0.2, 0.25) is 10.0 Å². The van der Waals surface area contributed by atoms with Gasteiger partial charge in [0.2, 0.25) is 0 Å². The van der Waals surface area contributed by atoms with Gasteiger partial charge in [-0.15, -0.1) is 10.2 Å². The average Bonchev–Trinajstić information content (AvgIpc) is 3.25. The smallest absolute Gasteiger partial charge is 0.175 e. The number of aromatic nitrogens is 4. The summed E-state index contributed by atoms with van der Waals surface area (Å²) in [5.41, 5.74) is 0. The number of nitrogens with zero attached hydrogens (tertiary/aromatic N) is 5. The molecule has 2 aliphatic rings. The van der Waals surface area contributed by atoms with Crippen LogP contribution in [-0.4, -0.2) is 75.8 Å². The van der Waals surface area contributed by atoms with E-state index in [1.165, 1.54) is 32.5 Å². The van der Waals surface area contributed by atoms with Gasteiger partial charge in [0, 0.05) is 38.7 Å². The molecule has 1 aromatic heterocycles. The quantitative estimate of drug-likeness (QED) is 0.714. The normalized spacial score (nSPS) is 20.2. The molecule has 2 aliphatic heterocycles. The van der Waals surface area contributed by atoms with Crippen molar-refractivity contribution in [1.82, 2.24) is 30.4 Å². The van der Waals surface area contributed by atoms with E-state index < -0.39 is 0 Å². The molecule has 0 radical (unpaired) electrons. The molecule has 2 aromatic rings. The van der Waals surface area contributed by atoms with Crippen LogP contribution in [0.25, 0.3) is 0 Å². The van der Waals surface area contributed by atoms with Crippen molar-refractivity contribution in [2.45, 2.75) is 38.2 Å². The Kier molecular flexibility index (Phi) is 7.24. The van der Waals surface area contributed by atoms with Crippen molar-refractivity contribution in [3.05, 3.63) is 34.1 Å². The average molecular weight is 439 g/mol. The van der Waals surface area contributed by atoms with Gasteiger partial charge in [-0.05, 0) is 56.8 Å². The number of tetrazole rings is 1. The second-order valence-corrected chi connectivity index (χ2v) is 8.87. The van der Waals surface area contributed by atoms with Crippen molar-refractivity contribution < 1.29 is 4.74 Å². The zero-order chi connectivity index (χ0) is 20.1. The van der Waals surface area contributed by atoms with Gasteiger partial charge in [0.1, 0.15) is 11.9 Å². The fourth-order valence-corrected chi connectivity index (χ4v) is 4.54. The number of rotatable bonds is 7. The van der Waals surface area contributed by atoms with E-state index in [1.54, 1.807) is 6.07 Å². The summed E-state index contributed by atoms with van der Waals surface area (Å²) >= 11 is 12.1. The fraction of sp³-hybridized carbons (Fsp3) is 0.650. The molecule has 0 spiro atoms. The van der Waals surface area contributed by atoms with Gasteiger partial charge in [-0.1, -0.05) is 28.4 Å². The zero-order valence-electron chi connectivity index (χ0n) is 16.6. The van der Waals surface area contributed by atoms with E-state index in [1.807, 2.05) is 12.1 Å². The monoisotopic (exact) mass is 438 g/mol. The number of nitrogens with one attached hydrogen (secondary N) is 1. The second-order valence-electron chi connectivity index (χ2n) is 8.06. The van der Waals surface area contributed by atoms with E-state index >= 15 is 0 Å². The van der Waals surface area contributed by atoms with Crippen LogP contribution in [0.1, 0.15) is 31.5 Å². The summed E-state index contributed by atoms with van der Waals surface area (Å²) in [5.74, 6) is 2.41. The maximum absolute atomic E-state index is 6.11. The largest absolute Gasteiger partial charge is 0.490 e. The first-order valence-electron chi connectivity index (χ1n) is 10.4. The predicted octanol–water partition coefficient (Wildman–Crippen LogP) is 3.30. The first kappa shape index (κ1) is 20.8. The molecule has 3 heterocycles. The molecule has 29 heavy (non-hydrogen) atoms. The second kappa shape index (κ2) is 10.1. The highest BCUT2D eigenvalue weighted by Gasteiger charge is 2.25. The zero-order valence-corrected chi connectivity index (χ0v) is 18.1. The number of halogens is 2. The summed E-state index contributed by atoms with van der Waals surface area (Å²) < 4.78 is 6.11. The molecule has 0 amide bonds. The summed E-state index contributed by atoms with van der Waals surface area (Å²) in [6, 6.07) is 5.50. The minimum atomic E-state index is 0.260. The summed E-state index contributed by atoms with van der Waals surface area (Å²) in [6.07, 6.45) is 5.79. The van der Waals surface area contributed by atoms with Crippen molar-refractivity contribution in [3.63, 3.8) is 0 Å². The van der Waals surface area contributed by atoms with Gasteiger partial charge in [0.15, 0.2) is 5.82 Å². The van der Waals surface area contributed by atoms with E-state index in [0.717, 1.165) is 56.4 Å². The number of likely N-dealkylation sites (tertiary alicyclic amines) is 2. The Balaban J connectivity index is 1.13. The molecular weight excluding hydrogens is 411 g/mol. The number of hydrogen-bond acceptors (Lipinski definition) is 6. The molecule has 2 fully saturated rings. The van der Waals surface area contributed by atoms with Crippen molar-refractivity contribution in [2.75, 3.05) is 39.3 Å². The van der Waals surface area contributed by atoms with E-state index in [2.05, 4.69) is 30.4 Å². The third-order valence-corrected chi connectivity index (χ3v) is 6.73. The Bertz CT molecular complexity index is 758. The number of hydrogen-bond donors (Lipinski definition) is 1. The van der Waals surface area contributed by atoms with Crippen LogP contribution < -0.4 is 4.74 Å². The Labute approximate surface area is 181 Å². The van der Waals surface area contributed by atoms with Crippen LogP contribution in [0.3, 0.4) is 0 Å². The Hall–Kier alpha value is -1.41. The van der Waals surface area contributed by atoms with Crippen LogP contribution in [0.4, 0.5) is 0 Å². The molecule has 7 nitrogen and oxygen atoms in total. The molecule has 1 N–H and O–H groups in total. The molecule has 158 valence electrons. The van der Waals surface area contributed by atoms with Gasteiger partial charge in [0.05, 0.1) is 10.0 Å². The van der Waals surface area contributed by atoms with Gasteiger partial charge in [0.25, 0.3) is 0 Å².